The van der Waals surface area contributed by atoms with Crippen LogP contribution in [-0.2, 0) is 11.3 Å². The molecule has 0 radical (unpaired) electrons. The topological polar surface area (TPSA) is 58.1 Å². The van der Waals surface area contributed by atoms with E-state index < -0.39 is 0 Å². The van der Waals surface area contributed by atoms with Crippen molar-refractivity contribution in [1.82, 2.24) is 14.9 Å². The van der Waals surface area contributed by atoms with Gasteiger partial charge in [-0.15, -0.1) is 11.3 Å². The van der Waals surface area contributed by atoms with E-state index in [0.29, 0.717) is 11.7 Å². The van der Waals surface area contributed by atoms with Crippen molar-refractivity contribution in [2.24, 2.45) is 5.92 Å². The first-order valence-electron chi connectivity index (χ1n) is 9.07. The molecule has 2 aromatic heterocycles. The number of aromatic nitrogens is 2. The number of thiazole rings is 1. The van der Waals surface area contributed by atoms with Crippen molar-refractivity contribution in [3.05, 3.63) is 52.9 Å². The maximum atomic E-state index is 13.9. The summed E-state index contributed by atoms with van der Waals surface area (Å²) in [5.41, 5.74) is 2.66. The van der Waals surface area contributed by atoms with Crippen molar-refractivity contribution in [3.63, 3.8) is 0 Å². The van der Waals surface area contributed by atoms with Crippen molar-refractivity contribution in [3.8, 4) is 0 Å². The molecule has 3 aromatic rings. The molecule has 0 atom stereocenters. The van der Waals surface area contributed by atoms with Crippen LogP contribution >= 0.6 is 11.3 Å². The summed E-state index contributed by atoms with van der Waals surface area (Å²) in [5, 5.41) is 6.33. The predicted molar refractivity (Wildman–Crippen MR) is 105 cm³/mol. The van der Waals surface area contributed by atoms with Gasteiger partial charge in [-0.2, -0.15) is 0 Å². The molecule has 1 aliphatic heterocycles. The molecule has 0 aliphatic carbocycles. The van der Waals surface area contributed by atoms with Crippen molar-refractivity contribution >= 4 is 33.3 Å². The average Bonchev–Trinajstić information content (AvgIpc) is 3.07. The lowest BCUT2D eigenvalue weighted by Gasteiger charge is -2.31. The van der Waals surface area contributed by atoms with Crippen LogP contribution in [0.5, 0.6) is 0 Å². The lowest BCUT2D eigenvalue weighted by Crippen LogP contribution is -2.37. The third kappa shape index (κ3) is 4.14. The summed E-state index contributed by atoms with van der Waals surface area (Å²) in [4.78, 5) is 23.4. The monoisotopic (exact) mass is 384 g/mol. The summed E-state index contributed by atoms with van der Waals surface area (Å²) in [6.07, 6.45) is 3.31. The van der Waals surface area contributed by atoms with E-state index in [4.69, 9.17) is 0 Å². The van der Waals surface area contributed by atoms with E-state index in [1.54, 1.807) is 12.3 Å². The van der Waals surface area contributed by atoms with Crippen LogP contribution in [0.1, 0.15) is 24.1 Å². The Morgan fingerprint density at radius 3 is 2.93 bits per heavy atom. The van der Waals surface area contributed by atoms with Crippen LogP contribution in [0, 0.1) is 18.7 Å². The molecule has 140 valence electrons. The van der Waals surface area contributed by atoms with Gasteiger partial charge in [-0.25, -0.2) is 9.37 Å². The second-order valence-corrected chi connectivity index (χ2v) is 7.83. The highest BCUT2D eigenvalue weighted by molar-refractivity contribution is 7.13. The number of rotatable bonds is 4. The Hall–Kier alpha value is -2.38. The molecular formula is C20H21FN4OS. The molecule has 1 amide bonds. The number of aryl methyl sites for hydroxylation is 1. The molecular weight excluding hydrogens is 363 g/mol. The highest BCUT2D eigenvalue weighted by Crippen LogP contribution is 2.25. The number of piperidine rings is 1. The molecule has 0 unspecified atom stereocenters. The van der Waals surface area contributed by atoms with Gasteiger partial charge >= 0.3 is 0 Å². The molecule has 27 heavy (non-hydrogen) atoms. The van der Waals surface area contributed by atoms with Gasteiger partial charge < -0.3 is 5.32 Å². The van der Waals surface area contributed by atoms with E-state index in [9.17, 15) is 9.18 Å². The number of carbonyl (C=O) groups excluding carboxylic acids is 1. The quantitative estimate of drug-likeness (QED) is 0.739. The van der Waals surface area contributed by atoms with E-state index >= 15 is 0 Å². The Morgan fingerprint density at radius 2 is 2.19 bits per heavy atom. The molecule has 1 aromatic carbocycles. The van der Waals surface area contributed by atoms with Crippen molar-refractivity contribution < 1.29 is 9.18 Å². The van der Waals surface area contributed by atoms with Gasteiger partial charge in [0, 0.05) is 29.4 Å². The maximum absolute atomic E-state index is 13.9. The Kier molecular flexibility index (Phi) is 5.13. The van der Waals surface area contributed by atoms with E-state index in [1.807, 2.05) is 24.4 Å². The Morgan fingerprint density at radius 1 is 1.37 bits per heavy atom. The second-order valence-electron chi connectivity index (χ2n) is 6.97. The predicted octanol–water partition coefficient (Wildman–Crippen LogP) is 3.99. The molecule has 3 heterocycles. The smallest absolute Gasteiger partial charge is 0.229 e. The molecule has 0 bridgehead atoms. The van der Waals surface area contributed by atoms with Crippen LogP contribution in [0.4, 0.5) is 9.52 Å². The first-order valence-corrected chi connectivity index (χ1v) is 9.95. The number of nitrogens with zero attached hydrogens (tertiary/aromatic N) is 3. The van der Waals surface area contributed by atoms with Crippen LogP contribution in [0.3, 0.4) is 0 Å². The van der Waals surface area contributed by atoms with E-state index in [0.717, 1.165) is 48.1 Å². The highest BCUT2D eigenvalue weighted by Gasteiger charge is 2.26. The van der Waals surface area contributed by atoms with Crippen LogP contribution in [0.2, 0.25) is 0 Å². The molecule has 7 heteroatoms. The number of carbonyl (C=O) groups is 1. The highest BCUT2D eigenvalue weighted by atomic mass is 32.1. The summed E-state index contributed by atoms with van der Waals surface area (Å²) in [5.74, 6) is -0.201. The Balaban J connectivity index is 1.38. The number of amides is 1. The van der Waals surface area contributed by atoms with Crippen LogP contribution in [0.25, 0.3) is 10.9 Å². The normalized spacial score (nSPS) is 15.9. The average molecular weight is 384 g/mol. The van der Waals surface area contributed by atoms with Crippen LogP contribution < -0.4 is 5.32 Å². The van der Waals surface area contributed by atoms with Gasteiger partial charge in [0.05, 0.1) is 11.2 Å². The number of hydrogen-bond acceptors (Lipinski definition) is 5. The summed E-state index contributed by atoms with van der Waals surface area (Å²) >= 11 is 1.45. The number of hydrogen-bond donors (Lipinski definition) is 1. The number of pyridine rings is 1. The summed E-state index contributed by atoms with van der Waals surface area (Å²) in [6.45, 7) is 4.17. The number of nitrogens with one attached hydrogen (secondary N) is 1. The Labute approximate surface area is 161 Å². The van der Waals surface area contributed by atoms with Gasteiger partial charge in [-0.05, 0) is 56.6 Å². The largest absolute Gasteiger partial charge is 0.302 e. The summed E-state index contributed by atoms with van der Waals surface area (Å²) in [7, 11) is 0. The zero-order valence-electron chi connectivity index (χ0n) is 15.1. The second kappa shape index (κ2) is 7.70. The fourth-order valence-corrected chi connectivity index (χ4v) is 4.25. The number of benzene rings is 1. The fourth-order valence-electron chi connectivity index (χ4n) is 3.56. The molecule has 1 fully saturated rings. The third-order valence-corrected chi connectivity index (χ3v) is 5.83. The molecule has 4 rings (SSSR count). The molecule has 0 saturated carbocycles. The minimum atomic E-state index is -0.237. The Bertz CT molecular complexity index is 966. The van der Waals surface area contributed by atoms with E-state index in [2.05, 4.69) is 20.2 Å². The van der Waals surface area contributed by atoms with Gasteiger partial charge in [-0.3, -0.25) is 14.7 Å². The molecule has 1 saturated heterocycles. The maximum Gasteiger partial charge on any atom is 0.229 e. The van der Waals surface area contributed by atoms with Gasteiger partial charge in [0.15, 0.2) is 5.13 Å². The van der Waals surface area contributed by atoms with E-state index in [-0.39, 0.29) is 17.6 Å². The molecule has 5 nitrogen and oxygen atoms in total. The van der Waals surface area contributed by atoms with E-state index in [1.165, 1.54) is 17.4 Å². The SMILES string of the molecule is Cc1csc(NC(=O)C2CCN(Cc3cc(F)cc4cccnc34)CC2)n1. The third-order valence-electron chi connectivity index (χ3n) is 4.95. The zero-order valence-corrected chi connectivity index (χ0v) is 15.9. The van der Waals surface area contributed by atoms with Crippen molar-refractivity contribution in [2.75, 3.05) is 18.4 Å². The van der Waals surface area contributed by atoms with Gasteiger partial charge in [0.1, 0.15) is 5.82 Å². The molecule has 1 N–H and O–H groups in total. The minimum Gasteiger partial charge on any atom is -0.302 e. The van der Waals surface area contributed by atoms with Crippen molar-refractivity contribution in [1.29, 1.82) is 0 Å². The number of anilines is 1. The zero-order chi connectivity index (χ0) is 18.8. The number of halogens is 1. The minimum absolute atomic E-state index is 0.00663. The lowest BCUT2D eigenvalue weighted by atomic mass is 9.95. The lowest BCUT2D eigenvalue weighted by molar-refractivity contribution is -0.121. The first kappa shape index (κ1) is 18.0. The van der Waals surface area contributed by atoms with Gasteiger partial charge in [0.25, 0.3) is 0 Å². The standard InChI is InChI=1S/C20H21FN4OS/c1-13-12-27-20(23-13)24-19(26)14-4-7-25(8-5-14)11-16-10-17(21)9-15-3-2-6-22-18(15)16/h2-3,6,9-10,12,14H,4-5,7-8,11H2,1H3,(H,23,24,26). The van der Waals surface area contributed by atoms with Gasteiger partial charge in [-0.1, -0.05) is 6.07 Å². The fraction of sp³-hybridized carbons (Fsp3) is 0.350. The van der Waals surface area contributed by atoms with Crippen molar-refractivity contribution in [2.45, 2.75) is 26.3 Å². The van der Waals surface area contributed by atoms with Crippen LogP contribution in [0.15, 0.2) is 35.8 Å². The number of likely N-dealkylation sites (tertiary alicyclic amines) is 1. The molecule has 0 spiro atoms. The van der Waals surface area contributed by atoms with Crippen LogP contribution in [-0.4, -0.2) is 33.9 Å². The number of fused-ring (bicyclic) bond motifs is 1. The van der Waals surface area contributed by atoms with Gasteiger partial charge in [0.2, 0.25) is 5.91 Å². The first-order chi connectivity index (χ1) is 13.1. The summed E-state index contributed by atoms with van der Waals surface area (Å²) in [6, 6.07) is 6.78. The molecule has 1 aliphatic rings. The summed E-state index contributed by atoms with van der Waals surface area (Å²) < 4.78 is 13.9.